The number of hydrogen-bond donors (Lipinski definition) is 0. The number of aromatic nitrogens is 3. The number of rotatable bonds is 2. The number of anilines is 1. The highest BCUT2D eigenvalue weighted by Gasteiger charge is 2.28. The van der Waals surface area contributed by atoms with Crippen LogP contribution in [0.3, 0.4) is 0 Å². The van der Waals surface area contributed by atoms with Crippen LogP contribution >= 0.6 is 0 Å². The van der Waals surface area contributed by atoms with Crippen molar-refractivity contribution in [1.29, 1.82) is 0 Å². The first-order valence-electron chi connectivity index (χ1n) is 9.05. The van der Waals surface area contributed by atoms with Crippen molar-refractivity contribution in [3.63, 3.8) is 0 Å². The van der Waals surface area contributed by atoms with Crippen molar-refractivity contribution in [2.45, 2.75) is 39.8 Å². The van der Waals surface area contributed by atoms with Gasteiger partial charge in [0.1, 0.15) is 5.69 Å². The van der Waals surface area contributed by atoms with E-state index in [1.807, 2.05) is 46.8 Å². The van der Waals surface area contributed by atoms with Gasteiger partial charge < -0.3 is 4.90 Å². The Bertz CT molecular complexity index is 974. The Balaban J connectivity index is 2.09. The van der Waals surface area contributed by atoms with Crippen LogP contribution in [0.1, 0.15) is 38.8 Å². The highest BCUT2D eigenvalue weighted by atomic mass is 16.2. The molecule has 0 spiro atoms. The molecule has 0 saturated carbocycles. The second kappa shape index (κ2) is 6.41. The summed E-state index contributed by atoms with van der Waals surface area (Å²) in [5.41, 5.74) is 5.89. The van der Waals surface area contributed by atoms with E-state index < -0.39 is 0 Å². The molecule has 0 bridgehead atoms. The van der Waals surface area contributed by atoms with Crippen molar-refractivity contribution >= 4 is 11.6 Å². The topological polar surface area (TPSA) is 51.0 Å². The zero-order valence-corrected chi connectivity index (χ0v) is 15.3. The maximum absolute atomic E-state index is 12.8. The average Bonchev–Trinajstić information content (AvgIpc) is 3.09. The van der Waals surface area contributed by atoms with Gasteiger partial charge >= 0.3 is 0 Å². The summed E-state index contributed by atoms with van der Waals surface area (Å²) in [5, 5.41) is 8.95. The maximum atomic E-state index is 12.8. The first-order chi connectivity index (χ1) is 12.6. The van der Waals surface area contributed by atoms with Gasteiger partial charge in [0, 0.05) is 23.6 Å². The average molecular weight is 346 g/mol. The SMILES string of the molecule is CCC(=O)N1Cc2ccccc2-c2nnn(C(C)C)c2-c2ccccc21. The first kappa shape index (κ1) is 16.5. The van der Waals surface area contributed by atoms with E-state index in [-0.39, 0.29) is 11.9 Å². The van der Waals surface area contributed by atoms with Gasteiger partial charge in [0.05, 0.1) is 17.9 Å². The monoisotopic (exact) mass is 346 g/mol. The summed E-state index contributed by atoms with van der Waals surface area (Å²) in [5.74, 6) is 0.110. The molecule has 0 saturated heterocycles. The fourth-order valence-electron chi connectivity index (χ4n) is 3.55. The van der Waals surface area contributed by atoms with E-state index in [1.54, 1.807) is 0 Å². The second-order valence-electron chi connectivity index (χ2n) is 6.83. The quantitative estimate of drug-likeness (QED) is 0.689. The van der Waals surface area contributed by atoms with E-state index in [0.717, 1.165) is 33.8 Å². The van der Waals surface area contributed by atoms with E-state index in [1.165, 1.54) is 0 Å². The molecule has 0 aliphatic carbocycles. The third kappa shape index (κ3) is 2.51. The summed E-state index contributed by atoms with van der Waals surface area (Å²) in [6.07, 6.45) is 0.463. The molecular formula is C21H22N4O. The molecule has 2 aromatic carbocycles. The molecule has 1 amide bonds. The van der Waals surface area contributed by atoms with E-state index in [2.05, 4.69) is 42.4 Å². The van der Waals surface area contributed by atoms with E-state index >= 15 is 0 Å². The molecule has 1 aliphatic heterocycles. The lowest BCUT2D eigenvalue weighted by molar-refractivity contribution is -0.118. The van der Waals surface area contributed by atoms with E-state index in [0.29, 0.717) is 13.0 Å². The number of fused-ring (bicyclic) bond motifs is 5. The molecule has 0 unspecified atom stereocenters. The Morgan fingerprint density at radius 1 is 1.08 bits per heavy atom. The molecule has 0 fully saturated rings. The second-order valence-corrected chi connectivity index (χ2v) is 6.83. The molecule has 0 radical (unpaired) electrons. The lowest BCUT2D eigenvalue weighted by atomic mass is 9.95. The molecule has 5 heteroatoms. The van der Waals surface area contributed by atoms with Crippen LogP contribution in [0.25, 0.3) is 22.5 Å². The standard InChI is InChI=1S/C21H22N4O/c1-4-19(26)24-13-15-9-5-6-10-16(15)20-21(25(14(2)3)23-22-20)17-11-7-8-12-18(17)24/h5-12,14H,4,13H2,1-3H3. The Kier molecular flexibility index (Phi) is 4.07. The van der Waals surface area contributed by atoms with Crippen LogP contribution in [0, 0.1) is 0 Å². The Hall–Kier alpha value is -2.95. The van der Waals surface area contributed by atoms with Crippen LogP contribution < -0.4 is 4.90 Å². The third-order valence-corrected chi connectivity index (χ3v) is 4.84. The van der Waals surface area contributed by atoms with Crippen molar-refractivity contribution in [1.82, 2.24) is 15.0 Å². The zero-order valence-electron chi connectivity index (χ0n) is 15.3. The third-order valence-electron chi connectivity index (χ3n) is 4.84. The van der Waals surface area contributed by atoms with Crippen LogP contribution in [-0.2, 0) is 11.3 Å². The normalized spacial score (nSPS) is 12.8. The summed E-state index contributed by atoms with van der Waals surface area (Å²) in [6, 6.07) is 16.4. The number of carbonyl (C=O) groups excluding carboxylic acids is 1. The van der Waals surface area contributed by atoms with Crippen molar-refractivity contribution in [2.75, 3.05) is 4.90 Å². The minimum atomic E-state index is 0.110. The number of amides is 1. The molecule has 26 heavy (non-hydrogen) atoms. The van der Waals surface area contributed by atoms with E-state index in [9.17, 15) is 4.79 Å². The van der Waals surface area contributed by atoms with Crippen molar-refractivity contribution in [3.8, 4) is 22.5 Å². The van der Waals surface area contributed by atoms with Gasteiger partial charge in [-0.1, -0.05) is 54.6 Å². The number of benzene rings is 2. The number of carbonyl (C=O) groups is 1. The summed E-state index contributed by atoms with van der Waals surface area (Å²) in [6.45, 7) is 6.63. The van der Waals surface area contributed by atoms with Gasteiger partial charge in [-0.05, 0) is 25.5 Å². The van der Waals surface area contributed by atoms with Crippen LogP contribution in [-0.4, -0.2) is 20.9 Å². The predicted molar refractivity (Wildman–Crippen MR) is 103 cm³/mol. The number of nitrogens with zero attached hydrogens (tertiary/aromatic N) is 4. The van der Waals surface area contributed by atoms with Crippen molar-refractivity contribution < 1.29 is 4.79 Å². The fourth-order valence-corrected chi connectivity index (χ4v) is 3.55. The Labute approximate surface area is 153 Å². The number of para-hydroxylation sites is 1. The zero-order chi connectivity index (χ0) is 18.3. The van der Waals surface area contributed by atoms with Crippen molar-refractivity contribution in [3.05, 3.63) is 54.1 Å². The van der Waals surface area contributed by atoms with Crippen LogP contribution in [0.4, 0.5) is 5.69 Å². The molecule has 1 aromatic heterocycles. The molecule has 3 aromatic rings. The fraction of sp³-hybridized carbons (Fsp3) is 0.286. The lowest BCUT2D eigenvalue weighted by Gasteiger charge is -2.28. The summed E-state index contributed by atoms with van der Waals surface area (Å²) >= 11 is 0. The van der Waals surface area contributed by atoms with Crippen LogP contribution in [0.2, 0.25) is 0 Å². The predicted octanol–water partition coefficient (Wildman–Crippen LogP) is 4.45. The molecule has 2 heterocycles. The lowest BCUT2D eigenvalue weighted by Crippen LogP contribution is -2.31. The smallest absolute Gasteiger partial charge is 0.227 e. The van der Waals surface area contributed by atoms with Crippen LogP contribution in [0.5, 0.6) is 0 Å². The van der Waals surface area contributed by atoms with Gasteiger partial charge in [-0.2, -0.15) is 0 Å². The Morgan fingerprint density at radius 2 is 1.77 bits per heavy atom. The van der Waals surface area contributed by atoms with Gasteiger partial charge in [0.25, 0.3) is 0 Å². The summed E-state index contributed by atoms with van der Waals surface area (Å²) < 4.78 is 1.95. The number of hydrogen-bond acceptors (Lipinski definition) is 3. The van der Waals surface area contributed by atoms with Gasteiger partial charge in [-0.25, -0.2) is 4.68 Å². The molecule has 0 N–H and O–H groups in total. The summed E-state index contributed by atoms with van der Waals surface area (Å²) in [4.78, 5) is 14.6. The Morgan fingerprint density at radius 3 is 2.50 bits per heavy atom. The highest BCUT2D eigenvalue weighted by molar-refractivity contribution is 6.00. The minimum absolute atomic E-state index is 0.110. The molecule has 132 valence electrons. The van der Waals surface area contributed by atoms with Crippen LogP contribution in [0.15, 0.2) is 48.5 Å². The molecule has 4 rings (SSSR count). The van der Waals surface area contributed by atoms with E-state index in [4.69, 9.17) is 0 Å². The van der Waals surface area contributed by atoms with Gasteiger partial charge in [0.15, 0.2) is 0 Å². The van der Waals surface area contributed by atoms with Gasteiger partial charge in [0.2, 0.25) is 5.91 Å². The molecule has 5 nitrogen and oxygen atoms in total. The molecule has 0 atom stereocenters. The van der Waals surface area contributed by atoms with Gasteiger partial charge in [-0.15, -0.1) is 5.10 Å². The first-order valence-corrected chi connectivity index (χ1v) is 9.05. The molecule has 1 aliphatic rings. The molecular weight excluding hydrogens is 324 g/mol. The summed E-state index contributed by atoms with van der Waals surface area (Å²) in [7, 11) is 0. The van der Waals surface area contributed by atoms with Crippen molar-refractivity contribution in [2.24, 2.45) is 0 Å². The highest BCUT2D eigenvalue weighted by Crippen LogP contribution is 2.41. The van der Waals surface area contributed by atoms with Gasteiger partial charge in [-0.3, -0.25) is 4.79 Å². The maximum Gasteiger partial charge on any atom is 0.227 e. The largest absolute Gasteiger partial charge is 0.307 e. The minimum Gasteiger partial charge on any atom is -0.307 e.